The van der Waals surface area contributed by atoms with Crippen LogP contribution in [0.15, 0.2) is 66.7 Å². The standard InChI is InChI=1S/C26H27N3O3S/c1-28(2)14-15-29(26-27-21-16-22(31-3)23(32-4)17-24(21)33-26)25(30)20-12-10-19(11-13-20)18-8-6-5-7-9-18/h5-13,16-17H,14-15H2,1-4H3. The van der Waals surface area contributed by atoms with Crippen LogP contribution >= 0.6 is 11.3 Å². The molecule has 0 aliphatic rings. The summed E-state index contributed by atoms with van der Waals surface area (Å²) in [6.07, 6.45) is 0. The lowest BCUT2D eigenvalue weighted by atomic mass is 10.0. The Hall–Kier alpha value is -3.42. The van der Waals surface area contributed by atoms with Crippen LogP contribution in [0.5, 0.6) is 11.5 Å². The number of thiazole rings is 1. The minimum atomic E-state index is -0.0746. The van der Waals surface area contributed by atoms with Gasteiger partial charge in [0.25, 0.3) is 5.91 Å². The first kappa shape index (κ1) is 22.8. The predicted octanol–water partition coefficient (Wildman–Crippen LogP) is 5.19. The molecule has 0 fully saturated rings. The van der Waals surface area contributed by atoms with Crippen molar-refractivity contribution in [3.8, 4) is 22.6 Å². The molecule has 0 aliphatic carbocycles. The summed E-state index contributed by atoms with van der Waals surface area (Å²) in [5.74, 6) is 1.18. The van der Waals surface area contributed by atoms with Gasteiger partial charge in [-0.15, -0.1) is 0 Å². The van der Waals surface area contributed by atoms with Gasteiger partial charge in [0.15, 0.2) is 16.6 Å². The minimum absolute atomic E-state index is 0.0746. The summed E-state index contributed by atoms with van der Waals surface area (Å²) in [4.78, 5) is 22.1. The lowest BCUT2D eigenvalue weighted by Gasteiger charge is -2.22. The van der Waals surface area contributed by atoms with E-state index in [4.69, 9.17) is 14.5 Å². The van der Waals surface area contributed by atoms with Gasteiger partial charge >= 0.3 is 0 Å². The average Bonchev–Trinajstić information content (AvgIpc) is 3.26. The first-order chi connectivity index (χ1) is 16.0. The van der Waals surface area contributed by atoms with Crippen molar-refractivity contribution in [3.05, 3.63) is 72.3 Å². The third-order valence-corrected chi connectivity index (χ3v) is 6.41. The number of benzene rings is 3. The van der Waals surface area contributed by atoms with E-state index in [0.29, 0.717) is 28.7 Å². The van der Waals surface area contributed by atoms with Crippen molar-refractivity contribution in [1.29, 1.82) is 0 Å². The quantitative estimate of drug-likeness (QED) is 0.362. The molecule has 0 aliphatic heterocycles. The van der Waals surface area contributed by atoms with E-state index in [1.165, 1.54) is 11.3 Å². The Kier molecular flexibility index (Phi) is 6.91. The van der Waals surface area contributed by atoms with Crippen LogP contribution < -0.4 is 14.4 Å². The largest absolute Gasteiger partial charge is 0.493 e. The number of likely N-dealkylation sites (N-methyl/N-ethyl adjacent to an activating group) is 1. The van der Waals surface area contributed by atoms with E-state index in [1.807, 2.05) is 68.7 Å². The Labute approximate surface area is 198 Å². The fraction of sp³-hybridized carbons (Fsp3) is 0.231. The minimum Gasteiger partial charge on any atom is -0.493 e. The molecular formula is C26H27N3O3S. The normalized spacial score (nSPS) is 11.1. The molecule has 0 bridgehead atoms. The molecule has 0 spiro atoms. The van der Waals surface area contributed by atoms with E-state index in [2.05, 4.69) is 17.0 Å². The molecular weight excluding hydrogens is 434 g/mol. The van der Waals surface area contributed by atoms with E-state index >= 15 is 0 Å². The van der Waals surface area contributed by atoms with Crippen LogP contribution in [0.1, 0.15) is 10.4 Å². The summed E-state index contributed by atoms with van der Waals surface area (Å²) in [6, 6.07) is 21.6. The number of aromatic nitrogens is 1. The molecule has 33 heavy (non-hydrogen) atoms. The van der Waals surface area contributed by atoms with Gasteiger partial charge in [0.2, 0.25) is 0 Å². The predicted molar refractivity (Wildman–Crippen MR) is 135 cm³/mol. The van der Waals surface area contributed by atoms with Gasteiger partial charge in [-0.1, -0.05) is 53.8 Å². The number of nitrogens with zero attached hydrogens (tertiary/aromatic N) is 3. The van der Waals surface area contributed by atoms with Crippen LogP contribution in [0.3, 0.4) is 0 Å². The molecule has 170 valence electrons. The fourth-order valence-corrected chi connectivity index (χ4v) is 4.53. The molecule has 1 heterocycles. The fourth-order valence-electron chi connectivity index (χ4n) is 3.53. The zero-order valence-electron chi connectivity index (χ0n) is 19.2. The highest BCUT2D eigenvalue weighted by molar-refractivity contribution is 7.22. The number of anilines is 1. The van der Waals surface area contributed by atoms with E-state index in [0.717, 1.165) is 27.9 Å². The molecule has 1 amide bonds. The molecule has 0 radical (unpaired) electrons. The number of carbonyl (C=O) groups is 1. The van der Waals surface area contributed by atoms with Crippen molar-refractivity contribution in [2.24, 2.45) is 0 Å². The van der Waals surface area contributed by atoms with E-state index in [9.17, 15) is 4.79 Å². The zero-order valence-corrected chi connectivity index (χ0v) is 20.1. The number of ether oxygens (including phenoxy) is 2. The van der Waals surface area contributed by atoms with E-state index in [-0.39, 0.29) is 5.91 Å². The Morgan fingerprint density at radius 3 is 2.15 bits per heavy atom. The van der Waals surface area contributed by atoms with Crippen molar-refractivity contribution >= 4 is 32.6 Å². The van der Waals surface area contributed by atoms with Crippen LogP contribution in [0, 0.1) is 0 Å². The topological polar surface area (TPSA) is 54.9 Å². The number of fused-ring (bicyclic) bond motifs is 1. The maximum absolute atomic E-state index is 13.6. The summed E-state index contributed by atoms with van der Waals surface area (Å²) in [7, 11) is 7.19. The maximum Gasteiger partial charge on any atom is 0.260 e. The van der Waals surface area contributed by atoms with Gasteiger partial charge < -0.3 is 14.4 Å². The third kappa shape index (κ3) is 4.99. The molecule has 0 atom stereocenters. The van der Waals surface area contributed by atoms with Crippen LogP contribution in [0.25, 0.3) is 21.3 Å². The van der Waals surface area contributed by atoms with Crippen LogP contribution in [-0.2, 0) is 0 Å². The van der Waals surface area contributed by atoms with Gasteiger partial charge in [-0.05, 0) is 37.4 Å². The molecule has 7 heteroatoms. The lowest BCUT2D eigenvalue weighted by Crippen LogP contribution is -2.36. The second-order valence-corrected chi connectivity index (χ2v) is 8.88. The van der Waals surface area contributed by atoms with Gasteiger partial charge in [0.1, 0.15) is 0 Å². The molecule has 0 unspecified atom stereocenters. The monoisotopic (exact) mass is 461 g/mol. The molecule has 1 aromatic heterocycles. The van der Waals surface area contributed by atoms with Crippen LogP contribution in [-0.4, -0.2) is 57.2 Å². The molecule has 0 saturated carbocycles. The first-order valence-electron chi connectivity index (χ1n) is 10.6. The highest BCUT2D eigenvalue weighted by Crippen LogP contribution is 2.37. The van der Waals surface area contributed by atoms with Crippen LogP contribution in [0.4, 0.5) is 5.13 Å². The highest BCUT2D eigenvalue weighted by atomic mass is 32.1. The Bertz CT molecular complexity index is 1200. The van der Waals surface area contributed by atoms with Crippen molar-refractivity contribution in [3.63, 3.8) is 0 Å². The highest BCUT2D eigenvalue weighted by Gasteiger charge is 2.22. The number of rotatable bonds is 8. The van der Waals surface area contributed by atoms with Crippen molar-refractivity contribution in [1.82, 2.24) is 9.88 Å². The number of amides is 1. The van der Waals surface area contributed by atoms with Gasteiger partial charge in [0.05, 0.1) is 24.4 Å². The molecule has 0 saturated heterocycles. The summed E-state index contributed by atoms with van der Waals surface area (Å²) in [6.45, 7) is 1.25. The van der Waals surface area contributed by atoms with Gasteiger partial charge in [-0.2, -0.15) is 0 Å². The molecule has 4 rings (SSSR count). The van der Waals surface area contributed by atoms with E-state index in [1.54, 1.807) is 19.1 Å². The van der Waals surface area contributed by atoms with Crippen LogP contribution in [0.2, 0.25) is 0 Å². The second kappa shape index (κ2) is 10.0. The molecule has 3 aromatic carbocycles. The number of hydrogen-bond acceptors (Lipinski definition) is 6. The van der Waals surface area contributed by atoms with Gasteiger partial charge in [0, 0.05) is 30.8 Å². The molecule has 4 aromatic rings. The smallest absolute Gasteiger partial charge is 0.260 e. The number of methoxy groups -OCH3 is 2. The summed E-state index contributed by atoms with van der Waals surface area (Å²) in [5, 5.41) is 0.652. The lowest BCUT2D eigenvalue weighted by molar-refractivity contribution is 0.0985. The van der Waals surface area contributed by atoms with Crippen molar-refractivity contribution < 1.29 is 14.3 Å². The van der Waals surface area contributed by atoms with Crippen molar-refractivity contribution in [2.75, 3.05) is 46.3 Å². The third-order valence-electron chi connectivity index (χ3n) is 5.37. The van der Waals surface area contributed by atoms with Gasteiger partial charge in [-0.3, -0.25) is 9.69 Å². The maximum atomic E-state index is 13.6. The second-order valence-electron chi connectivity index (χ2n) is 7.87. The Morgan fingerprint density at radius 2 is 1.52 bits per heavy atom. The summed E-state index contributed by atoms with van der Waals surface area (Å²) < 4.78 is 11.8. The number of hydrogen-bond donors (Lipinski definition) is 0. The SMILES string of the molecule is COc1cc2nc(N(CCN(C)C)C(=O)c3ccc(-c4ccccc4)cc3)sc2cc1OC. The van der Waals surface area contributed by atoms with E-state index < -0.39 is 0 Å². The zero-order chi connectivity index (χ0) is 23.4. The summed E-state index contributed by atoms with van der Waals surface area (Å²) >= 11 is 1.47. The first-order valence-corrected chi connectivity index (χ1v) is 11.5. The van der Waals surface area contributed by atoms with Crippen molar-refractivity contribution in [2.45, 2.75) is 0 Å². The average molecular weight is 462 g/mol. The molecule has 0 N–H and O–H groups in total. The van der Waals surface area contributed by atoms with Gasteiger partial charge in [-0.25, -0.2) is 4.98 Å². The number of carbonyl (C=O) groups excluding carboxylic acids is 1. The summed E-state index contributed by atoms with van der Waals surface area (Å²) in [5.41, 5.74) is 3.60. The Morgan fingerprint density at radius 1 is 0.879 bits per heavy atom. The molecule has 6 nitrogen and oxygen atoms in total. The Balaban J connectivity index is 1.67.